The molecular formula is C18H11N3OS. The Balaban J connectivity index is 2.00. The summed E-state index contributed by atoms with van der Waals surface area (Å²) in [5.74, 6) is 0.0500. The van der Waals surface area contributed by atoms with E-state index in [9.17, 15) is 4.79 Å². The number of nitrogens with one attached hydrogen (secondary N) is 1. The lowest BCUT2D eigenvalue weighted by Gasteiger charge is -2.07. The Labute approximate surface area is 135 Å². The number of fused-ring (bicyclic) bond motifs is 4. The van der Waals surface area contributed by atoms with E-state index in [-0.39, 0.29) is 5.78 Å². The predicted molar refractivity (Wildman–Crippen MR) is 90.8 cm³/mol. The van der Waals surface area contributed by atoms with E-state index >= 15 is 0 Å². The van der Waals surface area contributed by atoms with Crippen molar-refractivity contribution in [3.63, 3.8) is 0 Å². The largest absolute Gasteiger partial charge is 0.288 e. The highest BCUT2D eigenvalue weighted by Gasteiger charge is 2.33. The van der Waals surface area contributed by atoms with Crippen LogP contribution in [0, 0.1) is 6.92 Å². The lowest BCUT2D eigenvalue weighted by Crippen LogP contribution is -1.99. The van der Waals surface area contributed by atoms with Crippen LogP contribution in [0.15, 0.2) is 41.8 Å². The number of benzene rings is 1. The maximum atomic E-state index is 13.0. The third-order valence-electron chi connectivity index (χ3n) is 4.30. The van der Waals surface area contributed by atoms with Gasteiger partial charge in [0.2, 0.25) is 0 Å². The summed E-state index contributed by atoms with van der Waals surface area (Å²) < 4.78 is 0. The Morgan fingerprint density at radius 3 is 2.65 bits per heavy atom. The summed E-state index contributed by atoms with van der Waals surface area (Å²) in [5, 5.41) is 10.3. The molecule has 0 spiro atoms. The molecule has 3 heterocycles. The van der Waals surface area contributed by atoms with Gasteiger partial charge in [0.25, 0.3) is 0 Å². The van der Waals surface area contributed by atoms with Gasteiger partial charge in [0.1, 0.15) is 0 Å². The second-order valence-corrected chi connectivity index (χ2v) is 6.56. The number of aromatic nitrogens is 3. The number of carbonyl (C=O) groups excluding carboxylic acids is 1. The summed E-state index contributed by atoms with van der Waals surface area (Å²) >= 11 is 1.63. The van der Waals surface area contributed by atoms with Crippen molar-refractivity contribution >= 4 is 28.2 Å². The lowest BCUT2D eigenvalue weighted by atomic mass is 9.99. The highest BCUT2D eigenvalue weighted by molar-refractivity contribution is 7.13. The van der Waals surface area contributed by atoms with Gasteiger partial charge in [0.15, 0.2) is 11.4 Å². The van der Waals surface area contributed by atoms with Gasteiger partial charge < -0.3 is 0 Å². The normalized spacial score (nSPS) is 12.7. The Bertz CT molecular complexity index is 1090. The van der Waals surface area contributed by atoms with E-state index in [2.05, 4.69) is 15.2 Å². The summed E-state index contributed by atoms with van der Waals surface area (Å²) in [4.78, 5) is 18.8. The van der Waals surface area contributed by atoms with Crippen LogP contribution < -0.4 is 0 Å². The first-order valence-electron chi connectivity index (χ1n) is 7.32. The Hall–Kier alpha value is -2.79. The highest BCUT2D eigenvalue weighted by Crippen LogP contribution is 2.44. The molecule has 1 aromatic carbocycles. The predicted octanol–water partition coefficient (Wildman–Crippen LogP) is 4.21. The number of nitrogens with zero attached hydrogens (tertiary/aromatic N) is 2. The fourth-order valence-electron chi connectivity index (χ4n) is 3.31. The number of hydrogen-bond acceptors (Lipinski definition) is 4. The molecule has 1 aliphatic rings. The zero-order valence-electron chi connectivity index (χ0n) is 12.3. The molecule has 110 valence electrons. The van der Waals surface area contributed by atoms with Crippen LogP contribution in [0.4, 0.5) is 0 Å². The number of aryl methyl sites for hydroxylation is 1. The van der Waals surface area contributed by atoms with Gasteiger partial charge >= 0.3 is 0 Å². The smallest absolute Gasteiger partial charge is 0.196 e. The minimum absolute atomic E-state index is 0.0500. The molecule has 0 atom stereocenters. The van der Waals surface area contributed by atoms with Crippen molar-refractivity contribution in [1.82, 2.24) is 15.2 Å². The van der Waals surface area contributed by atoms with Crippen molar-refractivity contribution in [2.45, 2.75) is 6.92 Å². The van der Waals surface area contributed by atoms with Crippen LogP contribution in [-0.4, -0.2) is 21.0 Å². The van der Waals surface area contributed by atoms with Gasteiger partial charge in [-0.2, -0.15) is 5.10 Å². The van der Waals surface area contributed by atoms with Crippen LogP contribution >= 0.6 is 11.3 Å². The second-order valence-electron chi connectivity index (χ2n) is 5.61. The quantitative estimate of drug-likeness (QED) is 0.504. The molecular weight excluding hydrogens is 306 g/mol. The number of aromatic amines is 1. The maximum absolute atomic E-state index is 13.0. The van der Waals surface area contributed by atoms with Gasteiger partial charge in [-0.3, -0.25) is 9.89 Å². The van der Waals surface area contributed by atoms with Crippen molar-refractivity contribution < 1.29 is 4.79 Å². The van der Waals surface area contributed by atoms with Gasteiger partial charge in [-0.25, -0.2) is 4.98 Å². The molecule has 0 unspecified atom stereocenters. The van der Waals surface area contributed by atoms with Gasteiger partial charge in [-0.05, 0) is 18.4 Å². The number of thiophene rings is 1. The van der Waals surface area contributed by atoms with Crippen LogP contribution in [0.25, 0.3) is 32.7 Å². The average Bonchev–Trinajstić information content (AvgIpc) is 3.28. The number of hydrogen-bond donors (Lipinski definition) is 1. The molecule has 23 heavy (non-hydrogen) atoms. The molecule has 4 aromatic rings. The molecule has 4 nitrogen and oxygen atoms in total. The molecule has 1 aliphatic carbocycles. The van der Waals surface area contributed by atoms with Gasteiger partial charge in [0.05, 0.1) is 16.6 Å². The Kier molecular flexibility index (Phi) is 2.41. The minimum Gasteiger partial charge on any atom is -0.288 e. The van der Waals surface area contributed by atoms with E-state index in [1.165, 1.54) is 0 Å². The topological polar surface area (TPSA) is 58.6 Å². The number of H-pyrrole nitrogens is 1. The fourth-order valence-corrected chi connectivity index (χ4v) is 4.09. The molecule has 0 saturated carbocycles. The van der Waals surface area contributed by atoms with Crippen molar-refractivity contribution in [3.05, 3.63) is 58.6 Å². The van der Waals surface area contributed by atoms with Crippen LogP contribution in [0.5, 0.6) is 0 Å². The summed E-state index contributed by atoms with van der Waals surface area (Å²) in [6, 6.07) is 11.7. The molecule has 0 saturated heterocycles. The zero-order valence-corrected chi connectivity index (χ0v) is 13.1. The van der Waals surface area contributed by atoms with Gasteiger partial charge in [-0.1, -0.05) is 30.3 Å². The van der Waals surface area contributed by atoms with Gasteiger partial charge in [-0.15, -0.1) is 11.3 Å². The van der Waals surface area contributed by atoms with E-state index in [4.69, 9.17) is 0 Å². The monoisotopic (exact) mass is 317 g/mol. The molecule has 0 aliphatic heterocycles. The zero-order chi connectivity index (χ0) is 15.6. The molecule has 5 heteroatoms. The van der Waals surface area contributed by atoms with Crippen LogP contribution in [0.1, 0.15) is 21.6 Å². The average molecular weight is 317 g/mol. The van der Waals surface area contributed by atoms with Gasteiger partial charge in [0, 0.05) is 27.3 Å². The van der Waals surface area contributed by atoms with E-state index < -0.39 is 0 Å². The first-order chi connectivity index (χ1) is 11.3. The third-order valence-corrected chi connectivity index (χ3v) is 5.19. The van der Waals surface area contributed by atoms with Crippen molar-refractivity contribution in [1.29, 1.82) is 0 Å². The Morgan fingerprint density at radius 1 is 1.04 bits per heavy atom. The summed E-state index contributed by atoms with van der Waals surface area (Å²) in [7, 11) is 0. The van der Waals surface area contributed by atoms with Crippen molar-refractivity contribution in [2.75, 3.05) is 0 Å². The van der Waals surface area contributed by atoms with Crippen LogP contribution in [0.3, 0.4) is 0 Å². The lowest BCUT2D eigenvalue weighted by molar-refractivity contribution is 0.104. The van der Waals surface area contributed by atoms with Crippen molar-refractivity contribution in [3.8, 4) is 21.7 Å². The number of ketones is 1. The molecule has 0 radical (unpaired) electrons. The first kappa shape index (κ1) is 12.7. The number of carbonyl (C=O) groups is 1. The van der Waals surface area contributed by atoms with Crippen molar-refractivity contribution in [2.24, 2.45) is 0 Å². The maximum Gasteiger partial charge on any atom is 0.196 e. The minimum atomic E-state index is 0.0500. The van der Waals surface area contributed by atoms with E-state index in [0.717, 1.165) is 38.3 Å². The molecule has 3 aromatic heterocycles. The molecule has 0 amide bonds. The van der Waals surface area contributed by atoms with Crippen LogP contribution in [0.2, 0.25) is 0 Å². The van der Waals surface area contributed by atoms with Crippen LogP contribution in [-0.2, 0) is 0 Å². The van der Waals surface area contributed by atoms with E-state index in [1.54, 1.807) is 11.3 Å². The summed E-state index contributed by atoms with van der Waals surface area (Å²) in [6.07, 6.45) is 0. The Morgan fingerprint density at radius 2 is 1.87 bits per heavy atom. The van der Waals surface area contributed by atoms with E-state index in [1.807, 2.05) is 48.7 Å². The molecule has 5 rings (SSSR count). The second kappa shape index (κ2) is 4.36. The molecule has 0 bridgehead atoms. The summed E-state index contributed by atoms with van der Waals surface area (Å²) in [6.45, 7) is 1.97. The SMILES string of the molecule is Cc1[nH]nc2nc3c(c(-c4cccs4)c12)C(=O)c1ccccc1-3. The molecule has 1 N–H and O–H groups in total. The van der Waals surface area contributed by atoms with E-state index in [0.29, 0.717) is 11.2 Å². The summed E-state index contributed by atoms with van der Waals surface area (Å²) in [5.41, 5.74) is 5.61. The highest BCUT2D eigenvalue weighted by atomic mass is 32.1. The molecule has 0 fully saturated rings. The number of rotatable bonds is 1. The third kappa shape index (κ3) is 1.57. The fraction of sp³-hybridized carbons (Fsp3) is 0.0556. The standard InChI is InChI=1S/C18H11N3OS/c1-9-13-14(12-7-4-8-23-12)15-16(19-18(13)21-20-9)10-5-2-3-6-11(10)17(15)22/h2-8H,1H3,(H,19,20,21). The number of pyridine rings is 1. The first-order valence-corrected chi connectivity index (χ1v) is 8.20.